The van der Waals surface area contributed by atoms with Crippen molar-refractivity contribution in [1.29, 1.82) is 0 Å². The highest BCUT2D eigenvalue weighted by atomic mass is 15.3. The second-order valence-electron chi connectivity index (χ2n) is 16.1. The summed E-state index contributed by atoms with van der Waals surface area (Å²) in [6.07, 6.45) is 8.73. The Kier molecular flexibility index (Phi) is 8.60. The molecule has 9 aromatic carbocycles. The van der Waals surface area contributed by atoms with E-state index in [0.717, 1.165) is 45.2 Å². The Morgan fingerprint density at radius 1 is 0.435 bits per heavy atom. The molecule has 2 aliphatic rings. The van der Waals surface area contributed by atoms with Crippen LogP contribution in [0.1, 0.15) is 5.56 Å². The van der Waals surface area contributed by atoms with Gasteiger partial charge in [-0.15, -0.1) is 0 Å². The molecular formula is C58H41N4+. The van der Waals surface area contributed by atoms with Gasteiger partial charge in [-0.05, 0) is 110 Å². The second-order valence-corrected chi connectivity index (χ2v) is 16.1. The van der Waals surface area contributed by atoms with Crippen molar-refractivity contribution in [2.75, 3.05) is 4.90 Å². The van der Waals surface area contributed by atoms with Crippen LogP contribution in [0, 0.1) is 0 Å². The number of allylic oxidation sites excluding steroid dienone is 2. The minimum Gasteiger partial charge on any atom is -0.317 e. The molecule has 2 unspecified atom stereocenters. The zero-order valence-electron chi connectivity index (χ0n) is 33.9. The van der Waals surface area contributed by atoms with Gasteiger partial charge in [0.05, 0.1) is 17.6 Å². The van der Waals surface area contributed by atoms with Crippen molar-refractivity contribution in [3.8, 4) is 50.5 Å². The molecule has 1 aromatic heterocycles. The summed E-state index contributed by atoms with van der Waals surface area (Å²) in [6, 6.07) is 74.8. The number of anilines is 1. The number of aromatic nitrogens is 2. The lowest BCUT2D eigenvalue weighted by atomic mass is 9.84. The molecule has 2 heterocycles. The van der Waals surface area contributed by atoms with Crippen molar-refractivity contribution in [3.63, 3.8) is 0 Å². The van der Waals surface area contributed by atoms with Crippen LogP contribution in [0.2, 0.25) is 0 Å². The van der Waals surface area contributed by atoms with Gasteiger partial charge in [-0.2, -0.15) is 4.57 Å². The van der Waals surface area contributed by atoms with Crippen LogP contribution in [0.15, 0.2) is 236 Å². The van der Waals surface area contributed by atoms with Gasteiger partial charge in [0, 0.05) is 11.3 Å². The highest BCUT2D eigenvalue weighted by Crippen LogP contribution is 2.45. The molecule has 4 nitrogen and oxygen atoms in total. The number of nitrogens with one attached hydrogen (secondary N) is 1. The van der Waals surface area contributed by atoms with E-state index in [9.17, 15) is 0 Å². The summed E-state index contributed by atoms with van der Waals surface area (Å²) in [6.45, 7) is 0. The molecule has 12 rings (SSSR count). The van der Waals surface area contributed by atoms with Crippen molar-refractivity contribution < 1.29 is 4.57 Å². The lowest BCUT2D eigenvalue weighted by Crippen LogP contribution is -2.39. The van der Waals surface area contributed by atoms with Gasteiger partial charge >= 0.3 is 0 Å². The van der Waals surface area contributed by atoms with E-state index in [4.69, 9.17) is 4.99 Å². The number of amidine groups is 1. The van der Waals surface area contributed by atoms with Crippen molar-refractivity contribution in [3.05, 3.63) is 236 Å². The van der Waals surface area contributed by atoms with Crippen molar-refractivity contribution in [1.82, 2.24) is 4.98 Å². The normalized spacial score (nSPS) is 15.7. The minimum atomic E-state index is 0.0790. The van der Waals surface area contributed by atoms with Gasteiger partial charge in [-0.25, -0.2) is 4.98 Å². The average Bonchev–Trinajstić information content (AvgIpc) is 3.94. The molecule has 0 radical (unpaired) electrons. The Morgan fingerprint density at radius 2 is 0.984 bits per heavy atom. The molecule has 0 saturated carbocycles. The molecule has 62 heavy (non-hydrogen) atoms. The van der Waals surface area contributed by atoms with E-state index in [1.807, 2.05) is 0 Å². The van der Waals surface area contributed by atoms with Crippen LogP contribution in [0.25, 0.3) is 83.0 Å². The number of aromatic amines is 1. The number of imidazole rings is 1. The van der Waals surface area contributed by atoms with Gasteiger partial charge in [0.15, 0.2) is 11.0 Å². The number of rotatable bonds is 7. The van der Waals surface area contributed by atoms with Gasteiger partial charge < -0.3 is 4.90 Å². The molecule has 0 bridgehead atoms. The van der Waals surface area contributed by atoms with Crippen LogP contribution in [-0.2, 0) is 0 Å². The zero-order valence-corrected chi connectivity index (χ0v) is 33.9. The predicted molar refractivity (Wildman–Crippen MR) is 258 cm³/mol. The molecule has 292 valence electrons. The first-order chi connectivity index (χ1) is 30.8. The number of fused-ring (bicyclic) bond motifs is 4. The Labute approximate surface area is 360 Å². The largest absolute Gasteiger partial charge is 0.317 e. The third-order valence-electron chi connectivity index (χ3n) is 12.6. The molecule has 0 fully saturated rings. The Balaban J connectivity index is 1.01. The van der Waals surface area contributed by atoms with E-state index in [0.29, 0.717) is 0 Å². The lowest BCUT2D eigenvalue weighted by Gasteiger charge is -2.29. The molecule has 1 N–H and O–H groups in total. The van der Waals surface area contributed by atoms with E-state index in [1.165, 1.54) is 54.9 Å². The molecule has 1 aliphatic carbocycles. The van der Waals surface area contributed by atoms with Gasteiger partial charge in [-0.1, -0.05) is 176 Å². The van der Waals surface area contributed by atoms with Crippen LogP contribution in [-0.4, -0.2) is 22.9 Å². The highest BCUT2D eigenvalue weighted by molar-refractivity contribution is 6.22. The standard InChI is InChI=1S/C58H40N4/c1-4-16-39(17-5-1)44-36-37-49-50(38-44)56(41-30-34-43(35-31-41)58-60-52-25-13-15-27-54(52)62(58)46-20-8-3-9-21-46)48-23-11-10-22-47(48)55(49)40-28-32-42(33-29-40)57-59-51-24-12-14-26-53(51)61(57)45-18-6-2-7-19-45/h1-38,51,53H/p+1. The van der Waals surface area contributed by atoms with E-state index < -0.39 is 0 Å². The monoisotopic (exact) mass is 793 g/mol. The van der Waals surface area contributed by atoms with Crippen molar-refractivity contribution >= 4 is 44.1 Å². The van der Waals surface area contributed by atoms with Crippen LogP contribution in [0.5, 0.6) is 0 Å². The average molecular weight is 794 g/mol. The number of hydrogen-bond donors (Lipinski definition) is 1. The van der Waals surface area contributed by atoms with E-state index in [-0.39, 0.29) is 12.1 Å². The molecule has 0 spiro atoms. The first-order valence-corrected chi connectivity index (χ1v) is 21.4. The third kappa shape index (κ3) is 5.99. The second kappa shape index (κ2) is 14.9. The zero-order chi connectivity index (χ0) is 41.0. The molecular weight excluding hydrogens is 753 g/mol. The third-order valence-corrected chi connectivity index (χ3v) is 12.6. The van der Waals surface area contributed by atoms with Crippen LogP contribution >= 0.6 is 0 Å². The fourth-order valence-electron chi connectivity index (χ4n) is 9.70. The first-order valence-electron chi connectivity index (χ1n) is 21.4. The SMILES string of the molecule is C1=CC2N=C(c3ccc(-c4c5ccccc5c(-c5ccc(-c6[nH]c7ccccc7[n+]6-c6ccccc6)cc5)c5cc(-c6ccccc6)ccc45)cc3)N(c3ccccc3)C2C=C1. The first kappa shape index (κ1) is 35.8. The summed E-state index contributed by atoms with van der Waals surface area (Å²) in [4.78, 5) is 11.4. The molecule has 1 aliphatic heterocycles. The van der Waals surface area contributed by atoms with Crippen LogP contribution < -0.4 is 9.47 Å². The summed E-state index contributed by atoms with van der Waals surface area (Å²) in [5.74, 6) is 2.04. The summed E-state index contributed by atoms with van der Waals surface area (Å²) < 4.78 is 2.32. The van der Waals surface area contributed by atoms with Crippen LogP contribution in [0.3, 0.4) is 0 Å². The smallest absolute Gasteiger partial charge is 0.292 e. The van der Waals surface area contributed by atoms with Crippen molar-refractivity contribution in [2.24, 2.45) is 4.99 Å². The maximum Gasteiger partial charge on any atom is 0.292 e. The summed E-state index contributed by atoms with van der Waals surface area (Å²) >= 11 is 0. The maximum absolute atomic E-state index is 5.28. The molecule has 10 aromatic rings. The van der Waals surface area contributed by atoms with Gasteiger partial charge in [0.2, 0.25) is 0 Å². The highest BCUT2D eigenvalue weighted by Gasteiger charge is 2.35. The number of hydrogen-bond acceptors (Lipinski definition) is 2. The topological polar surface area (TPSA) is 35.3 Å². The number of benzene rings is 9. The number of aliphatic imine (C=N–C) groups is 1. The molecule has 0 amide bonds. The van der Waals surface area contributed by atoms with Gasteiger partial charge in [-0.3, -0.25) is 4.99 Å². The fraction of sp³-hybridized carbons (Fsp3) is 0.0345. The molecule has 4 heteroatoms. The minimum absolute atomic E-state index is 0.0790. The summed E-state index contributed by atoms with van der Waals surface area (Å²) in [5.41, 5.74) is 13.9. The molecule has 2 atom stereocenters. The quantitative estimate of drug-likeness (QED) is 0.127. The van der Waals surface area contributed by atoms with Crippen molar-refractivity contribution in [2.45, 2.75) is 12.1 Å². The maximum atomic E-state index is 5.28. The predicted octanol–water partition coefficient (Wildman–Crippen LogP) is 13.5. The fourth-order valence-corrected chi connectivity index (χ4v) is 9.70. The number of nitrogens with zero attached hydrogens (tertiary/aromatic N) is 3. The number of para-hydroxylation sites is 4. The summed E-state index contributed by atoms with van der Waals surface area (Å²) in [5, 5.41) is 4.89. The Hall–Kier alpha value is -8.08. The number of H-pyrrole nitrogens is 1. The van der Waals surface area contributed by atoms with Gasteiger partial charge in [0.25, 0.3) is 5.82 Å². The van der Waals surface area contributed by atoms with Gasteiger partial charge in [0.1, 0.15) is 11.5 Å². The van der Waals surface area contributed by atoms with E-state index >= 15 is 0 Å². The summed E-state index contributed by atoms with van der Waals surface area (Å²) in [7, 11) is 0. The van der Waals surface area contributed by atoms with E-state index in [1.54, 1.807) is 0 Å². The van der Waals surface area contributed by atoms with Crippen LogP contribution in [0.4, 0.5) is 5.69 Å². The van der Waals surface area contributed by atoms with E-state index in [2.05, 4.69) is 245 Å². The molecule has 0 saturated heterocycles. The Bertz CT molecular complexity index is 3380. The lowest BCUT2D eigenvalue weighted by molar-refractivity contribution is -0.554. The Morgan fingerprint density at radius 3 is 1.71 bits per heavy atom.